The SMILES string of the molecule is O=C(Nc1ccc2c(c1)oc1ccccc12)c1cccc(Cl)c1. The van der Waals surface area contributed by atoms with Gasteiger partial charge in [0.1, 0.15) is 11.2 Å². The van der Waals surface area contributed by atoms with Crippen LogP contribution >= 0.6 is 11.6 Å². The van der Waals surface area contributed by atoms with Gasteiger partial charge < -0.3 is 9.73 Å². The molecular weight excluding hydrogens is 310 g/mol. The number of rotatable bonds is 2. The van der Waals surface area contributed by atoms with Gasteiger partial charge in [0.25, 0.3) is 5.91 Å². The number of para-hydroxylation sites is 1. The van der Waals surface area contributed by atoms with Crippen molar-refractivity contribution in [2.24, 2.45) is 0 Å². The maximum Gasteiger partial charge on any atom is 0.255 e. The first-order chi connectivity index (χ1) is 11.2. The smallest absolute Gasteiger partial charge is 0.255 e. The molecule has 0 unspecified atom stereocenters. The molecular formula is C19H12ClNO2. The fraction of sp³-hybridized carbons (Fsp3) is 0. The number of benzene rings is 3. The molecule has 0 fully saturated rings. The average molecular weight is 322 g/mol. The van der Waals surface area contributed by atoms with E-state index in [0.717, 1.165) is 21.9 Å². The van der Waals surface area contributed by atoms with Crippen molar-refractivity contribution in [3.63, 3.8) is 0 Å². The summed E-state index contributed by atoms with van der Waals surface area (Å²) in [6.45, 7) is 0. The minimum atomic E-state index is -0.206. The molecule has 1 amide bonds. The van der Waals surface area contributed by atoms with E-state index < -0.39 is 0 Å². The lowest BCUT2D eigenvalue weighted by Gasteiger charge is -2.05. The first-order valence-electron chi connectivity index (χ1n) is 7.19. The third kappa shape index (κ3) is 2.56. The summed E-state index contributed by atoms with van der Waals surface area (Å²) in [7, 11) is 0. The number of furan rings is 1. The lowest BCUT2D eigenvalue weighted by Crippen LogP contribution is -2.11. The van der Waals surface area contributed by atoms with Gasteiger partial charge in [-0.3, -0.25) is 4.79 Å². The molecule has 1 heterocycles. The van der Waals surface area contributed by atoms with Crippen molar-refractivity contribution in [3.05, 3.63) is 77.3 Å². The van der Waals surface area contributed by atoms with Crippen molar-refractivity contribution in [1.82, 2.24) is 0 Å². The molecule has 112 valence electrons. The van der Waals surface area contributed by atoms with Crippen LogP contribution in [-0.2, 0) is 0 Å². The molecule has 4 rings (SSSR count). The minimum absolute atomic E-state index is 0.206. The third-order valence-electron chi connectivity index (χ3n) is 3.72. The molecule has 0 spiro atoms. The zero-order valence-electron chi connectivity index (χ0n) is 12.0. The Morgan fingerprint density at radius 1 is 0.870 bits per heavy atom. The Hall–Kier alpha value is -2.78. The van der Waals surface area contributed by atoms with E-state index in [-0.39, 0.29) is 5.91 Å². The maximum absolute atomic E-state index is 12.3. The molecule has 0 radical (unpaired) electrons. The van der Waals surface area contributed by atoms with Crippen LogP contribution in [0.25, 0.3) is 21.9 Å². The highest BCUT2D eigenvalue weighted by Gasteiger charge is 2.10. The summed E-state index contributed by atoms with van der Waals surface area (Å²) < 4.78 is 5.83. The zero-order chi connectivity index (χ0) is 15.8. The number of hydrogen-bond donors (Lipinski definition) is 1. The van der Waals surface area contributed by atoms with Crippen LogP contribution in [-0.4, -0.2) is 5.91 Å². The molecule has 0 atom stereocenters. The lowest BCUT2D eigenvalue weighted by atomic mass is 10.1. The highest BCUT2D eigenvalue weighted by atomic mass is 35.5. The topological polar surface area (TPSA) is 42.2 Å². The van der Waals surface area contributed by atoms with Gasteiger partial charge in [0.15, 0.2) is 0 Å². The normalized spacial score (nSPS) is 11.0. The van der Waals surface area contributed by atoms with Crippen molar-refractivity contribution in [1.29, 1.82) is 0 Å². The quantitative estimate of drug-likeness (QED) is 0.530. The Kier molecular flexibility index (Phi) is 3.28. The molecule has 0 aliphatic carbocycles. The Morgan fingerprint density at radius 2 is 1.70 bits per heavy atom. The van der Waals surface area contributed by atoms with Crippen LogP contribution in [0.1, 0.15) is 10.4 Å². The number of nitrogens with one attached hydrogen (secondary N) is 1. The van der Waals surface area contributed by atoms with Crippen LogP contribution in [0, 0.1) is 0 Å². The predicted molar refractivity (Wildman–Crippen MR) is 93.1 cm³/mol. The molecule has 0 aliphatic heterocycles. The van der Waals surface area contributed by atoms with E-state index in [1.54, 1.807) is 24.3 Å². The number of carbonyl (C=O) groups excluding carboxylic acids is 1. The number of hydrogen-bond acceptors (Lipinski definition) is 2. The second kappa shape index (κ2) is 5.45. The first-order valence-corrected chi connectivity index (χ1v) is 7.57. The summed E-state index contributed by atoms with van der Waals surface area (Å²) >= 11 is 5.92. The van der Waals surface area contributed by atoms with Crippen LogP contribution in [0.15, 0.2) is 71.1 Å². The van der Waals surface area contributed by atoms with Crippen LogP contribution in [0.4, 0.5) is 5.69 Å². The van der Waals surface area contributed by atoms with E-state index in [4.69, 9.17) is 16.0 Å². The monoisotopic (exact) mass is 321 g/mol. The molecule has 0 bridgehead atoms. The minimum Gasteiger partial charge on any atom is -0.456 e. The van der Waals surface area contributed by atoms with Crippen LogP contribution < -0.4 is 5.32 Å². The van der Waals surface area contributed by atoms with Crippen molar-refractivity contribution < 1.29 is 9.21 Å². The molecule has 3 nitrogen and oxygen atoms in total. The van der Waals surface area contributed by atoms with E-state index in [0.29, 0.717) is 16.3 Å². The molecule has 23 heavy (non-hydrogen) atoms. The number of amides is 1. The van der Waals surface area contributed by atoms with E-state index in [9.17, 15) is 4.79 Å². The first kappa shape index (κ1) is 13.9. The molecule has 0 saturated heterocycles. The number of halogens is 1. The van der Waals surface area contributed by atoms with Crippen LogP contribution in [0.2, 0.25) is 5.02 Å². The summed E-state index contributed by atoms with van der Waals surface area (Å²) in [5.41, 5.74) is 2.78. The summed E-state index contributed by atoms with van der Waals surface area (Å²) in [5.74, 6) is -0.206. The van der Waals surface area contributed by atoms with Crippen LogP contribution in [0.3, 0.4) is 0 Å². The van der Waals surface area contributed by atoms with Crippen molar-refractivity contribution in [3.8, 4) is 0 Å². The van der Waals surface area contributed by atoms with Gasteiger partial charge in [0.2, 0.25) is 0 Å². The van der Waals surface area contributed by atoms with Gasteiger partial charge in [0.05, 0.1) is 0 Å². The number of fused-ring (bicyclic) bond motifs is 3. The number of anilines is 1. The molecule has 0 saturated carbocycles. The molecule has 1 aromatic heterocycles. The maximum atomic E-state index is 12.3. The van der Waals surface area contributed by atoms with Gasteiger partial charge >= 0.3 is 0 Å². The fourth-order valence-electron chi connectivity index (χ4n) is 2.64. The van der Waals surface area contributed by atoms with Gasteiger partial charge in [-0.1, -0.05) is 35.9 Å². The van der Waals surface area contributed by atoms with Crippen LogP contribution in [0.5, 0.6) is 0 Å². The standard InChI is InChI=1S/C19H12ClNO2/c20-13-5-3-4-12(10-13)19(22)21-14-8-9-16-15-6-1-2-7-17(15)23-18(16)11-14/h1-11H,(H,21,22). The van der Waals surface area contributed by atoms with Crippen molar-refractivity contribution >= 4 is 45.1 Å². The molecule has 4 heteroatoms. The lowest BCUT2D eigenvalue weighted by molar-refractivity contribution is 0.102. The van der Waals surface area contributed by atoms with Gasteiger partial charge in [-0.15, -0.1) is 0 Å². The molecule has 0 aliphatic rings. The summed E-state index contributed by atoms with van der Waals surface area (Å²) in [6, 6.07) is 20.4. The summed E-state index contributed by atoms with van der Waals surface area (Å²) in [4.78, 5) is 12.3. The highest BCUT2D eigenvalue weighted by Crippen LogP contribution is 2.30. The molecule has 3 aromatic carbocycles. The Balaban J connectivity index is 1.69. The van der Waals surface area contributed by atoms with Crippen molar-refractivity contribution in [2.45, 2.75) is 0 Å². The van der Waals surface area contributed by atoms with Gasteiger partial charge in [-0.05, 0) is 36.4 Å². The van der Waals surface area contributed by atoms with Gasteiger partial charge in [-0.25, -0.2) is 0 Å². The summed E-state index contributed by atoms with van der Waals surface area (Å²) in [6.07, 6.45) is 0. The second-order valence-electron chi connectivity index (χ2n) is 5.27. The van der Waals surface area contributed by atoms with E-state index in [1.807, 2.05) is 42.5 Å². The van der Waals surface area contributed by atoms with Gasteiger partial charge in [0, 0.05) is 33.1 Å². The fourth-order valence-corrected chi connectivity index (χ4v) is 2.83. The van der Waals surface area contributed by atoms with Crippen molar-refractivity contribution in [2.75, 3.05) is 5.32 Å². The van der Waals surface area contributed by atoms with E-state index in [2.05, 4.69) is 5.32 Å². The molecule has 1 N–H and O–H groups in total. The largest absolute Gasteiger partial charge is 0.456 e. The van der Waals surface area contributed by atoms with E-state index in [1.165, 1.54) is 0 Å². The van der Waals surface area contributed by atoms with E-state index >= 15 is 0 Å². The highest BCUT2D eigenvalue weighted by molar-refractivity contribution is 6.31. The number of carbonyl (C=O) groups is 1. The van der Waals surface area contributed by atoms with Gasteiger partial charge in [-0.2, -0.15) is 0 Å². The average Bonchev–Trinajstić information content (AvgIpc) is 2.92. The zero-order valence-corrected chi connectivity index (χ0v) is 12.8. The Bertz CT molecular complexity index is 1040. The third-order valence-corrected chi connectivity index (χ3v) is 3.96. The predicted octanol–water partition coefficient (Wildman–Crippen LogP) is 5.49. The summed E-state index contributed by atoms with van der Waals surface area (Å²) in [5, 5.41) is 5.49. The molecule has 4 aromatic rings. The second-order valence-corrected chi connectivity index (χ2v) is 5.71. The Morgan fingerprint density at radius 3 is 2.57 bits per heavy atom. The Labute approximate surface area is 137 Å².